The van der Waals surface area contributed by atoms with E-state index in [4.69, 9.17) is 5.26 Å². The van der Waals surface area contributed by atoms with Gasteiger partial charge in [-0.25, -0.2) is 0 Å². The third-order valence-corrected chi connectivity index (χ3v) is 3.34. The van der Waals surface area contributed by atoms with Gasteiger partial charge in [-0.1, -0.05) is 11.3 Å². The Kier molecular flexibility index (Phi) is 2.55. The summed E-state index contributed by atoms with van der Waals surface area (Å²) in [6.07, 6.45) is 3.60. The van der Waals surface area contributed by atoms with Crippen LogP contribution in [0, 0.1) is 11.3 Å². The summed E-state index contributed by atoms with van der Waals surface area (Å²) >= 11 is 1.27. The lowest BCUT2D eigenvalue weighted by Crippen LogP contribution is -2.29. The van der Waals surface area contributed by atoms with Crippen molar-refractivity contribution >= 4 is 16.5 Å². The van der Waals surface area contributed by atoms with Crippen molar-refractivity contribution in [2.45, 2.75) is 19.3 Å². The summed E-state index contributed by atoms with van der Waals surface area (Å²) in [4.78, 5) is 6.43. The molecule has 14 heavy (non-hydrogen) atoms. The van der Waals surface area contributed by atoms with E-state index in [1.54, 1.807) is 0 Å². The summed E-state index contributed by atoms with van der Waals surface area (Å²) in [6.45, 7) is 1.97. The van der Waals surface area contributed by atoms with Gasteiger partial charge in [0.15, 0.2) is 10.0 Å². The maximum atomic E-state index is 9.31. The van der Waals surface area contributed by atoms with E-state index >= 15 is 0 Å². The maximum absolute atomic E-state index is 9.31. The Morgan fingerprint density at radius 1 is 1.36 bits per heavy atom. The van der Waals surface area contributed by atoms with Crippen LogP contribution in [0.4, 0.5) is 5.13 Å². The van der Waals surface area contributed by atoms with Gasteiger partial charge in [0.1, 0.15) is 6.07 Å². The molecular formula is C9H11N3OS. The van der Waals surface area contributed by atoms with Crippen LogP contribution in [0.1, 0.15) is 24.1 Å². The molecule has 0 saturated carbocycles. The van der Waals surface area contributed by atoms with Crippen LogP contribution in [0.2, 0.25) is 0 Å². The first-order valence-corrected chi connectivity index (χ1v) is 5.48. The average molecular weight is 209 g/mol. The largest absolute Gasteiger partial charge is 0.492 e. The summed E-state index contributed by atoms with van der Waals surface area (Å²) in [7, 11) is 0. The van der Waals surface area contributed by atoms with Crippen LogP contribution in [0.5, 0.6) is 5.88 Å². The highest BCUT2D eigenvalue weighted by Gasteiger charge is 2.17. The molecule has 2 heterocycles. The third kappa shape index (κ3) is 1.66. The summed E-state index contributed by atoms with van der Waals surface area (Å²) in [5.74, 6) is -0.127. The molecule has 1 aromatic rings. The number of anilines is 1. The van der Waals surface area contributed by atoms with Crippen LogP contribution in [0.25, 0.3) is 0 Å². The highest BCUT2D eigenvalue weighted by Crippen LogP contribution is 2.31. The molecule has 4 nitrogen and oxygen atoms in total. The van der Waals surface area contributed by atoms with Gasteiger partial charge in [0, 0.05) is 13.1 Å². The summed E-state index contributed by atoms with van der Waals surface area (Å²) in [5, 5.41) is 18.8. The fourth-order valence-electron chi connectivity index (χ4n) is 1.59. The van der Waals surface area contributed by atoms with E-state index in [-0.39, 0.29) is 5.88 Å². The van der Waals surface area contributed by atoms with E-state index in [0.29, 0.717) is 4.88 Å². The SMILES string of the molecule is N#Cc1sc(N2CCCCC2)nc1O. The number of thiazole rings is 1. The van der Waals surface area contributed by atoms with Gasteiger partial charge in [0.2, 0.25) is 5.88 Å². The van der Waals surface area contributed by atoms with E-state index in [9.17, 15) is 5.11 Å². The molecule has 0 atom stereocenters. The standard InChI is InChI=1S/C9H11N3OS/c10-6-7-8(13)11-9(14-7)12-4-2-1-3-5-12/h13H,1-5H2. The molecular weight excluding hydrogens is 198 g/mol. The van der Waals surface area contributed by atoms with Crippen LogP contribution in [-0.4, -0.2) is 23.2 Å². The van der Waals surface area contributed by atoms with Crippen molar-refractivity contribution in [1.29, 1.82) is 5.26 Å². The molecule has 0 spiro atoms. The fraction of sp³-hybridized carbons (Fsp3) is 0.556. The van der Waals surface area contributed by atoms with Crippen LogP contribution < -0.4 is 4.90 Å². The van der Waals surface area contributed by atoms with E-state index in [1.165, 1.54) is 30.6 Å². The maximum Gasteiger partial charge on any atom is 0.242 e. The summed E-state index contributed by atoms with van der Waals surface area (Å²) in [5.41, 5.74) is 0. The molecule has 5 heteroatoms. The van der Waals surface area contributed by atoms with Crippen molar-refractivity contribution in [3.8, 4) is 11.9 Å². The lowest BCUT2D eigenvalue weighted by molar-refractivity contribution is 0.454. The Bertz CT molecular complexity index is 363. The zero-order valence-electron chi connectivity index (χ0n) is 7.73. The van der Waals surface area contributed by atoms with E-state index in [1.807, 2.05) is 6.07 Å². The number of nitrogens with zero attached hydrogens (tertiary/aromatic N) is 3. The molecule has 0 aromatic carbocycles. The molecule has 0 bridgehead atoms. The molecule has 0 aliphatic carbocycles. The first-order chi connectivity index (χ1) is 6.81. The van der Waals surface area contributed by atoms with E-state index in [0.717, 1.165) is 18.2 Å². The van der Waals surface area contributed by atoms with Crippen molar-refractivity contribution in [1.82, 2.24) is 4.98 Å². The Balaban J connectivity index is 2.19. The van der Waals surface area contributed by atoms with Crippen LogP contribution in [0.3, 0.4) is 0 Å². The van der Waals surface area contributed by atoms with Gasteiger partial charge < -0.3 is 10.0 Å². The van der Waals surface area contributed by atoms with Gasteiger partial charge >= 0.3 is 0 Å². The molecule has 0 unspecified atom stereocenters. The van der Waals surface area contributed by atoms with Crippen molar-refractivity contribution < 1.29 is 5.11 Å². The fourth-order valence-corrected chi connectivity index (χ4v) is 2.40. The Morgan fingerprint density at radius 3 is 2.64 bits per heavy atom. The van der Waals surface area contributed by atoms with E-state index in [2.05, 4.69) is 9.88 Å². The van der Waals surface area contributed by atoms with Crippen LogP contribution in [0.15, 0.2) is 0 Å². The molecule has 1 aromatic heterocycles. The minimum atomic E-state index is -0.127. The van der Waals surface area contributed by atoms with Crippen molar-refractivity contribution in [3.05, 3.63) is 4.88 Å². The Labute approximate surface area is 86.4 Å². The van der Waals surface area contributed by atoms with Crippen molar-refractivity contribution in [3.63, 3.8) is 0 Å². The minimum absolute atomic E-state index is 0.127. The first-order valence-electron chi connectivity index (χ1n) is 4.66. The Morgan fingerprint density at radius 2 is 2.07 bits per heavy atom. The van der Waals surface area contributed by atoms with Crippen LogP contribution >= 0.6 is 11.3 Å². The predicted molar refractivity (Wildman–Crippen MR) is 54.6 cm³/mol. The minimum Gasteiger partial charge on any atom is -0.492 e. The van der Waals surface area contributed by atoms with Gasteiger partial charge in [0.05, 0.1) is 0 Å². The second-order valence-corrected chi connectivity index (χ2v) is 4.29. The predicted octanol–water partition coefficient (Wildman–Crippen LogP) is 1.71. The smallest absolute Gasteiger partial charge is 0.242 e. The number of aromatic nitrogens is 1. The average Bonchev–Trinajstić information content (AvgIpc) is 2.61. The number of hydrogen-bond acceptors (Lipinski definition) is 5. The quantitative estimate of drug-likeness (QED) is 0.765. The molecule has 1 N–H and O–H groups in total. The van der Waals surface area contributed by atoms with Gasteiger partial charge in [-0.2, -0.15) is 10.2 Å². The second kappa shape index (κ2) is 3.84. The van der Waals surface area contributed by atoms with Crippen molar-refractivity contribution in [2.75, 3.05) is 18.0 Å². The molecule has 1 fully saturated rings. The van der Waals surface area contributed by atoms with Gasteiger partial charge in [-0.15, -0.1) is 0 Å². The second-order valence-electron chi connectivity index (χ2n) is 3.31. The topological polar surface area (TPSA) is 60.2 Å². The zero-order chi connectivity index (χ0) is 9.97. The highest BCUT2D eigenvalue weighted by atomic mass is 32.1. The number of rotatable bonds is 1. The van der Waals surface area contributed by atoms with Crippen LogP contribution in [-0.2, 0) is 0 Å². The molecule has 0 radical (unpaired) electrons. The van der Waals surface area contributed by atoms with E-state index < -0.39 is 0 Å². The Hall–Kier alpha value is -1.28. The number of nitriles is 1. The summed E-state index contributed by atoms with van der Waals surface area (Å²) < 4.78 is 0. The third-order valence-electron chi connectivity index (χ3n) is 2.33. The highest BCUT2D eigenvalue weighted by molar-refractivity contribution is 7.16. The number of piperidine rings is 1. The molecule has 1 aliphatic heterocycles. The number of aromatic hydroxyl groups is 1. The molecule has 2 rings (SSSR count). The van der Waals surface area contributed by atoms with Gasteiger partial charge in [-0.05, 0) is 19.3 Å². The molecule has 0 amide bonds. The van der Waals surface area contributed by atoms with Crippen molar-refractivity contribution in [2.24, 2.45) is 0 Å². The van der Waals surface area contributed by atoms with Gasteiger partial charge in [0.25, 0.3) is 0 Å². The lowest BCUT2D eigenvalue weighted by atomic mass is 10.1. The van der Waals surface area contributed by atoms with Gasteiger partial charge in [-0.3, -0.25) is 0 Å². The summed E-state index contributed by atoms with van der Waals surface area (Å²) in [6, 6.07) is 1.93. The molecule has 74 valence electrons. The molecule has 1 saturated heterocycles. The lowest BCUT2D eigenvalue weighted by Gasteiger charge is -2.25. The first kappa shape index (κ1) is 9.28. The normalized spacial score (nSPS) is 16.6. The molecule has 1 aliphatic rings. The zero-order valence-corrected chi connectivity index (χ0v) is 8.55. The number of hydrogen-bond donors (Lipinski definition) is 1. The monoisotopic (exact) mass is 209 g/mol.